The van der Waals surface area contributed by atoms with Crippen molar-refractivity contribution in [3.8, 4) is 0 Å². The van der Waals surface area contributed by atoms with Gasteiger partial charge in [-0.15, -0.1) is 0 Å². The van der Waals surface area contributed by atoms with Crippen molar-refractivity contribution in [2.45, 2.75) is 51.1 Å². The third kappa shape index (κ3) is 4.60. The van der Waals surface area contributed by atoms with E-state index in [2.05, 4.69) is 15.5 Å². The molecular formula is C21H28N6O3. The van der Waals surface area contributed by atoms with Crippen LogP contribution in [0.4, 0.5) is 0 Å². The zero-order valence-corrected chi connectivity index (χ0v) is 17.0. The molecule has 1 aliphatic heterocycles. The van der Waals surface area contributed by atoms with Gasteiger partial charge in [0.15, 0.2) is 0 Å². The first-order valence-corrected chi connectivity index (χ1v) is 10.7. The van der Waals surface area contributed by atoms with Crippen LogP contribution in [0.1, 0.15) is 38.5 Å². The Hall–Kier alpha value is -2.97. The summed E-state index contributed by atoms with van der Waals surface area (Å²) >= 11 is 0. The molecule has 1 aromatic heterocycles. The molecule has 2 aromatic rings. The van der Waals surface area contributed by atoms with Gasteiger partial charge in [-0.3, -0.25) is 14.4 Å². The van der Waals surface area contributed by atoms with Crippen LogP contribution < -0.4 is 11.1 Å². The molecule has 0 unspecified atom stereocenters. The Morgan fingerprint density at radius 3 is 2.10 bits per heavy atom. The SMILES string of the molecule is NC(=O)C1CCN(C(=O)C2CCC(NC(=O)Cn3nc4ccccc4n3)CC2)CC1. The van der Waals surface area contributed by atoms with Crippen LogP contribution >= 0.6 is 0 Å². The van der Waals surface area contributed by atoms with Gasteiger partial charge in [-0.05, 0) is 50.7 Å². The summed E-state index contributed by atoms with van der Waals surface area (Å²) in [6.45, 7) is 1.30. The van der Waals surface area contributed by atoms with Gasteiger partial charge in [-0.1, -0.05) is 12.1 Å². The Labute approximate surface area is 175 Å². The summed E-state index contributed by atoms with van der Waals surface area (Å²) in [6.07, 6.45) is 4.42. The van der Waals surface area contributed by atoms with E-state index in [1.165, 1.54) is 4.80 Å². The fourth-order valence-corrected chi connectivity index (χ4v) is 4.50. The molecule has 9 heteroatoms. The number of benzene rings is 1. The van der Waals surface area contributed by atoms with Crippen molar-refractivity contribution in [1.29, 1.82) is 0 Å². The van der Waals surface area contributed by atoms with E-state index in [1.54, 1.807) is 0 Å². The summed E-state index contributed by atoms with van der Waals surface area (Å²) in [5.74, 6) is -0.311. The normalized spacial score (nSPS) is 22.7. The molecule has 1 aliphatic carbocycles. The number of hydrogen-bond acceptors (Lipinski definition) is 5. The predicted octanol–water partition coefficient (Wildman–Crippen LogP) is 0.830. The van der Waals surface area contributed by atoms with Gasteiger partial charge < -0.3 is 16.0 Å². The molecule has 9 nitrogen and oxygen atoms in total. The summed E-state index contributed by atoms with van der Waals surface area (Å²) in [6, 6.07) is 7.59. The maximum atomic E-state index is 12.8. The molecule has 0 radical (unpaired) electrons. The second-order valence-corrected chi connectivity index (χ2v) is 8.34. The number of nitrogens with two attached hydrogens (primary N) is 1. The molecule has 1 saturated heterocycles. The average molecular weight is 412 g/mol. The lowest BCUT2D eigenvalue weighted by atomic mass is 9.84. The smallest absolute Gasteiger partial charge is 0.243 e. The van der Waals surface area contributed by atoms with Crippen LogP contribution in [0.25, 0.3) is 11.0 Å². The molecule has 2 aliphatic rings. The topological polar surface area (TPSA) is 123 Å². The van der Waals surface area contributed by atoms with Crippen LogP contribution in [0.3, 0.4) is 0 Å². The van der Waals surface area contributed by atoms with Gasteiger partial charge >= 0.3 is 0 Å². The first-order valence-electron chi connectivity index (χ1n) is 10.7. The minimum absolute atomic E-state index is 0.00126. The fourth-order valence-electron chi connectivity index (χ4n) is 4.50. The molecule has 3 amide bonds. The van der Waals surface area contributed by atoms with Gasteiger partial charge in [0.25, 0.3) is 0 Å². The third-order valence-electron chi connectivity index (χ3n) is 6.26. The van der Waals surface area contributed by atoms with Crippen molar-refractivity contribution in [1.82, 2.24) is 25.2 Å². The van der Waals surface area contributed by atoms with E-state index >= 15 is 0 Å². The van der Waals surface area contributed by atoms with Gasteiger partial charge in [-0.25, -0.2) is 0 Å². The highest BCUT2D eigenvalue weighted by Crippen LogP contribution is 2.28. The second kappa shape index (κ2) is 8.81. The van der Waals surface area contributed by atoms with E-state index in [-0.39, 0.29) is 42.1 Å². The van der Waals surface area contributed by atoms with Crippen molar-refractivity contribution in [3.63, 3.8) is 0 Å². The summed E-state index contributed by atoms with van der Waals surface area (Å²) < 4.78 is 0. The number of amides is 3. The van der Waals surface area contributed by atoms with Crippen molar-refractivity contribution in [2.75, 3.05) is 13.1 Å². The molecule has 30 heavy (non-hydrogen) atoms. The predicted molar refractivity (Wildman–Crippen MR) is 110 cm³/mol. The van der Waals surface area contributed by atoms with Crippen molar-refractivity contribution in [3.05, 3.63) is 24.3 Å². The molecule has 2 fully saturated rings. The van der Waals surface area contributed by atoms with Crippen LogP contribution in [0.15, 0.2) is 24.3 Å². The maximum Gasteiger partial charge on any atom is 0.243 e. The van der Waals surface area contributed by atoms with E-state index in [0.29, 0.717) is 25.9 Å². The Morgan fingerprint density at radius 1 is 0.933 bits per heavy atom. The van der Waals surface area contributed by atoms with E-state index in [0.717, 1.165) is 36.7 Å². The number of piperidine rings is 1. The number of carbonyl (C=O) groups excluding carboxylic acids is 3. The van der Waals surface area contributed by atoms with E-state index in [9.17, 15) is 14.4 Å². The molecule has 0 bridgehead atoms. The van der Waals surface area contributed by atoms with Crippen molar-refractivity contribution in [2.24, 2.45) is 17.6 Å². The number of likely N-dealkylation sites (tertiary alicyclic amines) is 1. The molecule has 4 rings (SSSR count). The van der Waals surface area contributed by atoms with E-state index < -0.39 is 0 Å². The number of nitrogens with zero attached hydrogens (tertiary/aromatic N) is 4. The number of carbonyl (C=O) groups is 3. The van der Waals surface area contributed by atoms with Gasteiger partial charge in [0.05, 0.1) is 0 Å². The summed E-state index contributed by atoms with van der Waals surface area (Å²) in [5, 5.41) is 11.7. The van der Waals surface area contributed by atoms with Crippen molar-refractivity contribution < 1.29 is 14.4 Å². The molecule has 1 aromatic carbocycles. The Bertz CT molecular complexity index is 893. The minimum atomic E-state index is -0.267. The molecular weight excluding hydrogens is 384 g/mol. The first-order chi connectivity index (χ1) is 14.5. The summed E-state index contributed by atoms with van der Waals surface area (Å²) in [5.41, 5.74) is 6.90. The van der Waals surface area contributed by atoms with E-state index in [4.69, 9.17) is 5.73 Å². The number of primary amides is 1. The number of fused-ring (bicyclic) bond motifs is 1. The van der Waals surface area contributed by atoms with Crippen LogP contribution in [0.2, 0.25) is 0 Å². The van der Waals surface area contributed by atoms with Gasteiger partial charge in [0, 0.05) is 31.0 Å². The Morgan fingerprint density at radius 2 is 1.53 bits per heavy atom. The maximum absolute atomic E-state index is 12.8. The Kier molecular flexibility index (Phi) is 5.96. The molecule has 3 N–H and O–H groups in total. The molecule has 1 saturated carbocycles. The zero-order chi connectivity index (χ0) is 21.1. The lowest BCUT2D eigenvalue weighted by molar-refractivity contribution is -0.139. The minimum Gasteiger partial charge on any atom is -0.369 e. The molecule has 2 heterocycles. The summed E-state index contributed by atoms with van der Waals surface area (Å²) in [4.78, 5) is 39.8. The molecule has 160 valence electrons. The quantitative estimate of drug-likeness (QED) is 0.753. The number of aromatic nitrogens is 3. The highest BCUT2D eigenvalue weighted by molar-refractivity contribution is 5.81. The van der Waals surface area contributed by atoms with Crippen LogP contribution in [-0.2, 0) is 20.9 Å². The first kappa shape index (κ1) is 20.3. The van der Waals surface area contributed by atoms with Gasteiger partial charge in [0.1, 0.15) is 17.6 Å². The van der Waals surface area contributed by atoms with Crippen molar-refractivity contribution >= 4 is 28.8 Å². The monoisotopic (exact) mass is 412 g/mol. The lowest BCUT2D eigenvalue weighted by Crippen LogP contribution is -2.46. The second-order valence-electron chi connectivity index (χ2n) is 8.34. The van der Waals surface area contributed by atoms with Gasteiger partial charge in [0.2, 0.25) is 17.7 Å². The standard InChI is InChI=1S/C21H28N6O3/c22-20(29)14-9-11-26(12-10-14)21(30)15-5-7-16(8-6-15)23-19(28)13-27-24-17-3-1-2-4-18(17)25-27/h1-4,14-16H,5-13H2,(H2,22,29)(H,23,28). The zero-order valence-electron chi connectivity index (χ0n) is 17.0. The molecule has 0 spiro atoms. The number of nitrogens with one attached hydrogen (secondary N) is 1. The number of rotatable bonds is 5. The van der Waals surface area contributed by atoms with Gasteiger partial charge in [-0.2, -0.15) is 15.0 Å². The van der Waals surface area contributed by atoms with E-state index in [1.807, 2.05) is 29.2 Å². The largest absolute Gasteiger partial charge is 0.369 e. The molecule has 0 atom stereocenters. The fraction of sp³-hybridized carbons (Fsp3) is 0.571. The van der Waals surface area contributed by atoms with Crippen LogP contribution in [0.5, 0.6) is 0 Å². The van der Waals surface area contributed by atoms with Crippen LogP contribution in [-0.4, -0.2) is 56.7 Å². The van der Waals surface area contributed by atoms with Crippen LogP contribution in [0, 0.1) is 11.8 Å². The highest BCUT2D eigenvalue weighted by Gasteiger charge is 2.32. The summed E-state index contributed by atoms with van der Waals surface area (Å²) in [7, 11) is 0. The Balaban J connectivity index is 1.22. The average Bonchev–Trinajstić information content (AvgIpc) is 3.16. The third-order valence-corrected chi connectivity index (χ3v) is 6.26. The lowest BCUT2D eigenvalue weighted by Gasteiger charge is -2.35. The number of hydrogen-bond donors (Lipinski definition) is 2. The highest BCUT2D eigenvalue weighted by atomic mass is 16.2.